The molecule has 0 atom stereocenters. The monoisotopic (exact) mass is 188 g/mol. The van der Waals surface area contributed by atoms with Crippen molar-refractivity contribution in [2.45, 2.75) is 32.7 Å². The molecule has 13 heavy (non-hydrogen) atoms. The number of rotatable bonds is 7. The number of aliphatic hydroxyl groups excluding tert-OH is 1. The number of aliphatic hydroxyl groups is 1. The molecule has 0 aromatic heterocycles. The molecule has 1 amide bonds. The summed E-state index contributed by atoms with van der Waals surface area (Å²) in [5.74, 6) is -0.333. The second kappa shape index (κ2) is 6.86. The van der Waals surface area contributed by atoms with E-state index in [-0.39, 0.29) is 19.1 Å². The van der Waals surface area contributed by atoms with E-state index in [1.165, 1.54) is 0 Å². The SMILES string of the molecule is CCC(CC)N(CCO)CC(N)=O. The van der Waals surface area contributed by atoms with Gasteiger partial charge in [-0.15, -0.1) is 0 Å². The van der Waals surface area contributed by atoms with Crippen molar-refractivity contribution < 1.29 is 9.90 Å². The van der Waals surface area contributed by atoms with E-state index in [1.54, 1.807) is 0 Å². The van der Waals surface area contributed by atoms with Crippen LogP contribution in [0, 0.1) is 0 Å². The predicted molar refractivity (Wildman–Crippen MR) is 52.2 cm³/mol. The molecule has 0 aromatic carbocycles. The van der Waals surface area contributed by atoms with E-state index in [0.717, 1.165) is 12.8 Å². The lowest BCUT2D eigenvalue weighted by atomic mass is 10.1. The largest absolute Gasteiger partial charge is 0.395 e. The molecular formula is C9H20N2O2. The summed E-state index contributed by atoms with van der Waals surface area (Å²) < 4.78 is 0. The molecule has 78 valence electrons. The first-order valence-electron chi connectivity index (χ1n) is 4.78. The van der Waals surface area contributed by atoms with Crippen molar-refractivity contribution in [3.63, 3.8) is 0 Å². The lowest BCUT2D eigenvalue weighted by molar-refractivity contribution is -0.119. The molecule has 0 unspecified atom stereocenters. The first-order chi connectivity index (χ1) is 6.15. The minimum Gasteiger partial charge on any atom is -0.395 e. The highest BCUT2D eigenvalue weighted by atomic mass is 16.3. The Morgan fingerprint density at radius 2 is 2.00 bits per heavy atom. The quantitative estimate of drug-likeness (QED) is 0.589. The van der Waals surface area contributed by atoms with Crippen molar-refractivity contribution in [3.05, 3.63) is 0 Å². The van der Waals surface area contributed by atoms with Gasteiger partial charge in [0.15, 0.2) is 0 Å². The van der Waals surface area contributed by atoms with Crippen LogP contribution >= 0.6 is 0 Å². The standard InChI is InChI=1S/C9H20N2O2/c1-3-8(4-2)11(5-6-12)7-9(10)13/h8,12H,3-7H2,1-2H3,(H2,10,13). The Morgan fingerprint density at radius 3 is 2.31 bits per heavy atom. The smallest absolute Gasteiger partial charge is 0.231 e. The summed E-state index contributed by atoms with van der Waals surface area (Å²) in [6.45, 7) is 4.98. The number of nitrogens with two attached hydrogens (primary N) is 1. The maximum atomic E-state index is 10.7. The van der Waals surface area contributed by atoms with Gasteiger partial charge in [0.1, 0.15) is 0 Å². The number of hydrogen-bond acceptors (Lipinski definition) is 3. The molecule has 4 heteroatoms. The molecule has 3 N–H and O–H groups in total. The van der Waals surface area contributed by atoms with Gasteiger partial charge in [-0.25, -0.2) is 0 Å². The lowest BCUT2D eigenvalue weighted by Crippen LogP contribution is -2.42. The van der Waals surface area contributed by atoms with E-state index in [9.17, 15) is 4.79 Å². The van der Waals surface area contributed by atoms with Crippen LogP contribution in [0.3, 0.4) is 0 Å². The fourth-order valence-electron chi connectivity index (χ4n) is 1.52. The molecule has 0 spiro atoms. The Morgan fingerprint density at radius 1 is 1.46 bits per heavy atom. The fraction of sp³-hybridized carbons (Fsp3) is 0.889. The van der Waals surface area contributed by atoms with Crippen molar-refractivity contribution in [1.82, 2.24) is 4.90 Å². The third kappa shape index (κ3) is 4.85. The summed E-state index contributed by atoms with van der Waals surface area (Å²) in [4.78, 5) is 12.7. The zero-order valence-electron chi connectivity index (χ0n) is 8.49. The van der Waals surface area contributed by atoms with Gasteiger partial charge >= 0.3 is 0 Å². The number of amides is 1. The van der Waals surface area contributed by atoms with Crippen molar-refractivity contribution in [2.24, 2.45) is 5.73 Å². The van der Waals surface area contributed by atoms with Gasteiger partial charge < -0.3 is 10.8 Å². The van der Waals surface area contributed by atoms with E-state index < -0.39 is 0 Å². The third-order valence-corrected chi connectivity index (χ3v) is 2.21. The molecule has 0 fully saturated rings. The van der Waals surface area contributed by atoms with Crippen LogP contribution in [0.25, 0.3) is 0 Å². The first-order valence-corrected chi connectivity index (χ1v) is 4.78. The highest BCUT2D eigenvalue weighted by Crippen LogP contribution is 2.07. The molecule has 0 saturated carbocycles. The summed E-state index contributed by atoms with van der Waals surface area (Å²) in [7, 11) is 0. The van der Waals surface area contributed by atoms with Gasteiger partial charge in [-0.1, -0.05) is 13.8 Å². The van der Waals surface area contributed by atoms with Gasteiger partial charge in [0.05, 0.1) is 13.2 Å². The molecule has 0 aromatic rings. The van der Waals surface area contributed by atoms with E-state index in [2.05, 4.69) is 13.8 Å². The molecule has 0 saturated heterocycles. The van der Waals surface area contributed by atoms with Crippen molar-refractivity contribution in [2.75, 3.05) is 19.7 Å². The Bertz CT molecular complexity index is 147. The second-order valence-electron chi connectivity index (χ2n) is 3.13. The number of nitrogens with zero attached hydrogens (tertiary/aromatic N) is 1. The molecule has 0 radical (unpaired) electrons. The third-order valence-electron chi connectivity index (χ3n) is 2.21. The molecular weight excluding hydrogens is 168 g/mol. The van der Waals surface area contributed by atoms with Gasteiger partial charge in [0, 0.05) is 12.6 Å². The van der Waals surface area contributed by atoms with Crippen LogP contribution in [0.4, 0.5) is 0 Å². The van der Waals surface area contributed by atoms with Gasteiger partial charge in [-0.2, -0.15) is 0 Å². The van der Waals surface area contributed by atoms with Crippen molar-refractivity contribution in [1.29, 1.82) is 0 Å². The van der Waals surface area contributed by atoms with Crippen molar-refractivity contribution >= 4 is 5.91 Å². The number of carbonyl (C=O) groups excluding carboxylic acids is 1. The molecule has 0 aliphatic heterocycles. The molecule has 0 rings (SSSR count). The number of hydrogen-bond donors (Lipinski definition) is 2. The van der Waals surface area contributed by atoms with Crippen LogP contribution in [0.5, 0.6) is 0 Å². The van der Waals surface area contributed by atoms with Crippen LogP contribution < -0.4 is 5.73 Å². The summed E-state index contributed by atoms with van der Waals surface area (Å²) in [5, 5.41) is 8.80. The van der Waals surface area contributed by atoms with E-state index in [1.807, 2.05) is 4.90 Å². The zero-order valence-corrected chi connectivity index (χ0v) is 8.49. The predicted octanol–water partition coefficient (Wildman–Crippen LogP) is -0.0454. The average molecular weight is 188 g/mol. The molecule has 0 aliphatic carbocycles. The molecule has 0 bridgehead atoms. The van der Waals surface area contributed by atoms with Crippen LogP contribution in [0.2, 0.25) is 0 Å². The summed E-state index contributed by atoms with van der Waals surface area (Å²) in [6.07, 6.45) is 1.95. The second-order valence-corrected chi connectivity index (χ2v) is 3.13. The summed E-state index contributed by atoms with van der Waals surface area (Å²) >= 11 is 0. The summed E-state index contributed by atoms with van der Waals surface area (Å²) in [5.41, 5.74) is 5.11. The number of primary amides is 1. The lowest BCUT2D eigenvalue weighted by Gasteiger charge is -2.28. The molecule has 4 nitrogen and oxygen atoms in total. The van der Waals surface area contributed by atoms with Crippen LogP contribution in [0.15, 0.2) is 0 Å². The maximum absolute atomic E-state index is 10.7. The van der Waals surface area contributed by atoms with E-state index in [0.29, 0.717) is 12.6 Å². The van der Waals surface area contributed by atoms with Crippen molar-refractivity contribution in [3.8, 4) is 0 Å². The van der Waals surface area contributed by atoms with Crippen LogP contribution in [-0.4, -0.2) is 41.7 Å². The van der Waals surface area contributed by atoms with Gasteiger partial charge in [0.25, 0.3) is 0 Å². The van der Waals surface area contributed by atoms with E-state index >= 15 is 0 Å². The van der Waals surface area contributed by atoms with Gasteiger partial charge in [-0.3, -0.25) is 9.69 Å². The Labute approximate surface area is 79.7 Å². The minimum absolute atomic E-state index is 0.0732. The topological polar surface area (TPSA) is 66.6 Å². The molecule has 0 heterocycles. The van der Waals surface area contributed by atoms with Gasteiger partial charge in [0.2, 0.25) is 5.91 Å². The Balaban J connectivity index is 4.11. The van der Waals surface area contributed by atoms with E-state index in [4.69, 9.17) is 10.8 Å². The minimum atomic E-state index is -0.333. The fourth-order valence-corrected chi connectivity index (χ4v) is 1.52. The van der Waals surface area contributed by atoms with Crippen LogP contribution in [-0.2, 0) is 4.79 Å². The number of carbonyl (C=O) groups is 1. The highest BCUT2D eigenvalue weighted by molar-refractivity contribution is 5.75. The van der Waals surface area contributed by atoms with Crippen LogP contribution in [0.1, 0.15) is 26.7 Å². The maximum Gasteiger partial charge on any atom is 0.231 e. The average Bonchev–Trinajstić information content (AvgIpc) is 2.05. The zero-order chi connectivity index (χ0) is 10.3. The Kier molecular flexibility index (Phi) is 6.54. The van der Waals surface area contributed by atoms with Gasteiger partial charge in [-0.05, 0) is 12.8 Å². The highest BCUT2D eigenvalue weighted by Gasteiger charge is 2.15. The Hall–Kier alpha value is -0.610. The normalized spacial score (nSPS) is 11.2. The molecule has 0 aliphatic rings. The first kappa shape index (κ1) is 12.4. The summed E-state index contributed by atoms with van der Waals surface area (Å²) in [6, 6.07) is 0.347.